The molecule has 1 saturated heterocycles. The third kappa shape index (κ3) is 2.83. The Morgan fingerprint density at radius 1 is 1.50 bits per heavy atom. The van der Waals surface area contributed by atoms with Crippen LogP contribution in [0.3, 0.4) is 0 Å². The second-order valence-corrected chi connectivity index (χ2v) is 4.37. The summed E-state index contributed by atoms with van der Waals surface area (Å²) in [5.74, 6) is -0.902. The van der Waals surface area contributed by atoms with Gasteiger partial charge in [-0.25, -0.2) is 9.37 Å². The van der Waals surface area contributed by atoms with E-state index in [1.165, 1.54) is 12.1 Å². The minimum absolute atomic E-state index is 0.135. The molecule has 1 fully saturated rings. The molecule has 0 unspecified atom stereocenters. The summed E-state index contributed by atoms with van der Waals surface area (Å²) in [6.07, 6.45) is 2.09. The van der Waals surface area contributed by atoms with E-state index in [0.29, 0.717) is 26.1 Å². The molecule has 1 aliphatic rings. The number of aliphatic hydroxyl groups excluding tert-OH is 1. The van der Waals surface area contributed by atoms with Gasteiger partial charge in [-0.2, -0.15) is 0 Å². The van der Waals surface area contributed by atoms with Crippen LogP contribution in [0.4, 0.5) is 4.39 Å². The van der Waals surface area contributed by atoms with E-state index in [1.807, 2.05) is 0 Å². The third-order valence-electron chi connectivity index (χ3n) is 3.09. The summed E-state index contributed by atoms with van der Waals surface area (Å²) in [7, 11) is 0. The highest BCUT2D eigenvalue weighted by atomic mass is 19.1. The Kier molecular flexibility index (Phi) is 3.88. The van der Waals surface area contributed by atoms with Gasteiger partial charge in [0.1, 0.15) is 11.5 Å². The second-order valence-electron chi connectivity index (χ2n) is 4.37. The molecule has 0 saturated carbocycles. The summed E-state index contributed by atoms with van der Waals surface area (Å²) in [6, 6.07) is 2.49. The first-order chi connectivity index (χ1) is 8.65. The van der Waals surface area contributed by atoms with Gasteiger partial charge in [0.25, 0.3) is 5.91 Å². The van der Waals surface area contributed by atoms with Crippen LogP contribution in [0.25, 0.3) is 0 Å². The van der Waals surface area contributed by atoms with Gasteiger partial charge in [-0.05, 0) is 25.0 Å². The van der Waals surface area contributed by atoms with Crippen molar-refractivity contribution in [2.24, 2.45) is 0 Å². The number of aliphatic hydroxyl groups is 1. The number of aromatic nitrogens is 1. The maximum Gasteiger partial charge on any atom is 0.270 e. The Morgan fingerprint density at radius 3 is 2.78 bits per heavy atom. The number of carbonyl (C=O) groups excluding carboxylic acids is 1. The van der Waals surface area contributed by atoms with E-state index >= 15 is 0 Å². The molecule has 6 heteroatoms. The van der Waals surface area contributed by atoms with Crippen molar-refractivity contribution in [3.63, 3.8) is 0 Å². The van der Waals surface area contributed by atoms with Gasteiger partial charge in [-0.3, -0.25) is 4.79 Å². The van der Waals surface area contributed by atoms with Crippen LogP contribution in [0, 0.1) is 5.82 Å². The molecule has 1 aliphatic heterocycles. The van der Waals surface area contributed by atoms with Gasteiger partial charge >= 0.3 is 0 Å². The molecule has 2 rings (SSSR count). The number of halogens is 1. The van der Waals surface area contributed by atoms with E-state index in [0.717, 1.165) is 6.20 Å². The molecule has 0 bridgehead atoms. The molecule has 98 valence electrons. The molecule has 1 aromatic rings. The monoisotopic (exact) mass is 254 g/mol. The van der Waals surface area contributed by atoms with Gasteiger partial charge in [0.15, 0.2) is 0 Å². The van der Waals surface area contributed by atoms with E-state index in [9.17, 15) is 14.3 Å². The van der Waals surface area contributed by atoms with Crippen LogP contribution in [0.1, 0.15) is 23.3 Å². The highest BCUT2D eigenvalue weighted by Crippen LogP contribution is 2.20. The van der Waals surface area contributed by atoms with Crippen LogP contribution in [-0.2, 0) is 4.74 Å². The van der Waals surface area contributed by atoms with E-state index < -0.39 is 17.3 Å². The Bertz CT molecular complexity index is 416. The van der Waals surface area contributed by atoms with Crippen molar-refractivity contribution in [3.05, 3.63) is 29.8 Å². The van der Waals surface area contributed by atoms with Crippen molar-refractivity contribution < 1.29 is 19.0 Å². The first-order valence-electron chi connectivity index (χ1n) is 5.78. The van der Waals surface area contributed by atoms with Crippen LogP contribution >= 0.6 is 0 Å². The number of amides is 1. The van der Waals surface area contributed by atoms with Crippen LogP contribution in [0.15, 0.2) is 18.3 Å². The first kappa shape index (κ1) is 12.9. The van der Waals surface area contributed by atoms with Crippen molar-refractivity contribution in [3.8, 4) is 0 Å². The summed E-state index contributed by atoms with van der Waals surface area (Å²) in [5, 5.41) is 12.2. The van der Waals surface area contributed by atoms with Crippen LogP contribution < -0.4 is 5.32 Å². The highest BCUT2D eigenvalue weighted by Gasteiger charge is 2.33. The Balaban J connectivity index is 2.07. The van der Waals surface area contributed by atoms with E-state index in [2.05, 4.69) is 10.3 Å². The molecule has 1 amide bonds. The van der Waals surface area contributed by atoms with Gasteiger partial charge in [0.05, 0.1) is 18.3 Å². The van der Waals surface area contributed by atoms with Gasteiger partial charge in [-0.15, -0.1) is 0 Å². The lowest BCUT2D eigenvalue weighted by molar-refractivity contribution is 0.0124. The lowest BCUT2D eigenvalue weighted by Gasteiger charge is -2.36. The second kappa shape index (κ2) is 5.41. The average molecular weight is 254 g/mol. The SMILES string of the molecule is O=C(NC1(CO)CCOCC1)c1ccc(F)cn1. The Hall–Kier alpha value is -1.53. The first-order valence-corrected chi connectivity index (χ1v) is 5.78. The minimum atomic E-state index is -0.661. The van der Waals surface area contributed by atoms with Crippen molar-refractivity contribution in [2.45, 2.75) is 18.4 Å². The van der Waals surface area contributed by atoms with Gasteiger partial charge in [0, 0.05) is 13.2 Å². The zero-order valence-electron chi connectivity index (χ0n) is 9.86. The fourth-order valence-corrected chi connectivity index (χ4v) is 1.90. The fraction of sp³-hybridized carbons (Fsp3) is 0.500. The summed E-state index contributed by atoms with van der Waals surface area (Å²) < 4.78 is 17.9. The lowest BCUT2D eigenvalue weighted by Crippen LogP contribution is -2.54. The smallest absolute Gasteiger partial charge is 0.270 e. The molecule has 0 aliphatic carbocycles. The van der Waals surface area contributed by atoms with Crippen molar-refractivity contribution in [1.29, 1.82) is 0 Å². The number of rotatable bonds is 3. The molecule has 2 heterocycles. The molecule has 0 spiro atoms. The topological polar surface area (TPSA) is 71.5 Å². The predicted octanol–water partition coefficient (Wildman–Crippen LogP) is 0.492. The number of hydrogen-bond acceptors (Lipinski definition) is 4. The van der Waals surface area contributed by atoms with Gasteiger partial charge in [-0.1, -0.05) is 0 Å². The molecule has 1 aromatic heterocycles. The summed E-state index contributed by atoms with van der Waals surface area (Å²) in [6.45, 7) is 0.846. The summed E-state index contributed by atoms with van der Waals surface area (Å²) in [5.41, 5.74) is -0.526. The summed E-state index contributed by atoms with van der Waals surface area (Å²) in [4.78, 5) is 15.6. The van der Waals surface area contributed by atoms with Gasteiger partial charge < -0.3 is 15.2 Å². The number of ether oxygens (including phenoxy) is 1. The molecule has 0 radical (unpaired) electrons. The number of hydrogen-bond donors (Lipinski definition) is 2. The number of carbonyl (C=O) groups is 1. The Morgan fingerprint density at radius 2 is 2.22 bits per heavy atom. The number of pyridine rings is 1. The maximum absolute atomic E-state index is 12.7. The maximum atomic E-state index is 12.7. The largest absolute Gasteiger partial charge is 0.394 e. The van der Waals surface area contributed by atoms with E-state index in [1.54, 1.807) is 0 Å². The fourth-order valence-electron chi connectivity index (χ4n) is 1.90. The van der Waals surface area contributed by atoms with Crippen molar-refractivity contribution in [1.82, 2.24) is 10.3 Å². The predicted molar refractivity (Wildman–Crippen MR) is 61.5 cm³/mol. The lowest BCUT2D eigenvalue weighted by atomic mass is 9.91. The molecular formula is C12H15FN2O3. The van der Waals surface area contributed by atoms with Gasteiger partial charge in [0.2, 0.25) is 0 Å². The zero-order chi connectivity index (χ0) is 13.0. The summed E-state index contributed by atoms with van der Waals surface area (Å²) >= 11 is 0. The minimum Gasteiger partial charge on any atom is -0.394 e. The molecule has 0 atom stereocenters. The van der Waals surface area contributed by atoms with Crippen LogP contribution in [0.2, 0.25) is 0 Å². The zero-order valence-corrected chi connectivity index (χ0v) is 9.86. The molecular weight excluding hydrogens is 239 g/mol. The van der Waals surface area contributed by atoms with Crippen LogP contribution in [0.5, 0.6) is 0 Å². The van der Waals surface area contributed by atoms with E-state index in [-0.39, 0.29) is 12.3 Å². The molecule has 5 nitrogen and oxygen atoms in total. The van der Waals surface area contributed by atoms with E-state index in [4.69, 9.17) is 4.74 Å². The van der Waals surface area contributed by atoms with Crippen molar-refractivity contribution >= 4 is 5.91 Å². The number of nitrogens with one attached hydrogen (secondary N) is 1. The molecule has 0 aromatic carbocycles. The normalized spacial score (nSPS) is 18.3. The number of nitrogens with zero attached hydrogens (tertiary/aromatic N) is 1. The average Bonchev–Trinajstić information content (AvgIpc) is 2.40. The standard InChI is InChI=1S/C12H15FN2O3/c13-9-1-2-10(14-7-9)11(17)15-12(8-16)3-5-18-6-4-12/h1-2,7,16H,3-6,8H2,(H,15,17). The molecule has 18 heavy (non-hydrogen) atoms. The van der Waals surface area contributed by atoms with Crippen LogP contribution in [-0.4, -0.2) is 41.4 Å². The molecule has 2 N–H and O–H groups in total. The van der Waals surface area contributed by atoms with Crippen molar-refractivity contribution in [2.75, 3.05) is 19.8 Å². The quantitative estimate of drug-likeness (QED) is 0.823. The Labute approximate surface area is 104 Å². The third-order valence-corrected chi connectivity index (χ3v) is 3.09. The highest BCUT2D eigenvalue weighted by molar-refractivity contribution is 5.92.